The molecule has 0 fully saturated rings. The monoisotopic (exact) mass is 449 g/mol. The molecular formula is C19H17Cl2N5O2S. The van der Waals surface area contributed by atoms with E-state index in [0.717, 1.165) is 11.8 Å². The molecule has 29 heavy (non-hydrogen) atoms. The highest BCUT2D eigenvalue weighted by Crippen LogP contribution is 2.31. The van der Waals surface area contributed by atoms with E-state index in [2.05, 4.69) is 15.5 Å². The van der Waals surface area contributed by atoms with Crippen LogP contribution in [-0.4, -0.2) is 31.8 Å². The lowest BCUT2D eigenvalue weighted by Gasteiger charge is -2.12. The number of halogens is 2. The van der Waals surface area contributed by atoms with Crippen molar-refractivity contribution in [3.63, 3.8) is 0 Å². The Hall–Kier alpha value is -2.55. The van der Waals surface area contributed by atoms with Gasteiger partial charge in [0.1, 0.15) is 0 Å². The van der Waals surface area contributed by atoms with E-state index in [1.807, 2.05) is 0 Å². The summed E-state index contributed by atoms with van der Waals surface area (Å²) < 4.78 is 1.27. The summed E-state index contributed by atoms with van der Waals surface area (Å²) in [7, 11) is 0. The van der Waals surface area contributed by atoms with Crippen molar-refractivity contribution in [3.8, 4) is 11.4 Å². The molecule has 1 atom stereocenters. The minimum Gasteiger partial charge on any atom is -0.335 e. The fraction of sp³-hybridized carbons (Fsp3) is 0.158. The summed E-state index contributed by atoms with van der Waals surface area (Å²) in [6, 6.07) is 11.7. The zero-order valence-corrected chi connectivity index (χ0v) is 17.8. The number of amides is 1. The number of aromatic nitrogens is 3. The van der Waals surface area contributed by atoms with E-state index in [4.69, 9.17) is 29.0 Å². The summed E-state index contributed by atoms with van der Waals surface area (Å²) in [6.07, 6.45) is 0. The Bertz CT molecular complexity index is 1090. The standard InChI is InChI=1S/C19H17Cl2N5O2S/c1-10(27)12-4-3-5-14(8-12)23-18(28)11(2)29-19-25-24-17(26(19)22)15-9-13(20)6-7-16(15)21/h3-9,11H,22H2,1-2H3,(H,23,28)/t11-/m0/s1. The molecule has 150 valence electrons. The molecule has 0 radical (unpaired) electrons. The third kappa shape index (κ3) is 4.90. The van der Waals surface area contributed by atoms with E-state index >= 15 is 0 Å². The van der Waals surface area contributed by atoms with Crippen molar-refractivity contribution in [1.29, 1.82) is 0 Å². The van der Waals surface area contributed by atoms with E-state index in [9.17, 15) is 9.59 Å². The summed E-state index contributed by atoms with van der Waals surface area (Å²) in [5.74, 6) is 6.10. The number of nitrogens with two attached hydrogens (primary N) is 1. The summed E-state index contributed by atoms with van der Waals surface area (Å²) in [5, 5.41) is 11.6. The number of nitrogens with one attached hydrogen (secondary N) is 1. The van der Waals surface area contributed by atoms with Crippen molar-refractivity contribution < 1.29 is 9.59 Å². The molecule has 1 aromatic heterocycles. The first-order valence-corrected chi connectivity index (χ1v) is 10.1. The zero-order valence-electron chi connectivity index (χ0n) is 15.5. The van der Waals surface area contributed by atoms with Crippen molar-refractivity contribution in [1.82, 2.24) is 14.9 Å². The third-order valence-electron chi connectivity index (χ3n) is 4.02. The maximum Gasteiger partial charge on any atom is 0.237 e. The van der Waals surface area contributed by atoms with Gasteiger partial charge >= 0.3 is 0 Å². The van der Waals surface area contributed by atoms with E-state index in [1.54, 1.807) is 49.4 Å². The van der Waals surface area contributed by atoms with Gasteiger partial charge in [0.25, 0.3) is 0 Å². The van der Waals surface area contributed by atoms with Gasteiger partial charge in [-0.05, 0) is 44.2 Å². The number of carbonyl (C=O) groups excluding carboxylic acids is 2. The minimum absolute atomic E-state index is 0.0769. The molecule has 0 aliphatic heterocycles. The van der Waals surface area contributed by atoms with Crippen LogP contribution in [0.2, 0.25) is 10.0 Å². The second-order valence-electron chi connectivity index (χ2n) is 6.19. The van der Waals surface area contributed by atoms with Crippen molar-refractivity contribution >= 4 is 52.3 Å². The molecule has 0 aliphatic carbocycles. The number of anilines is 1. The lowest BCUT2D eigenvalue weighted by molar-refractivity contribution is -0.115. The molecule has 0 saturated heterocycles. The van der Waals surface area contributed by atoms with Crippen LogP contribution in [-0.2, 0) is 4.79 Å². The highest BCUT2D eigenvalue weighted by molar-refractivity contribution is 8.00. The molecule has 0 saturated carbocycles. The molecule has 3 rings (SSSR count). The number of rotatable bonds is 6. The van der Waals surface area contributed by atoms with Gasteiger partial charge in [0.15, 0.2) is 11.6 Å². The Labute approximate surface area is 181 Å². The van der Waals surface area contributed by atoms with Gasteiger partial charge in [0.05, 0.1) is 10.3 Å². The Balaban J connectivity index is 1.74. The molecule has 2 aromatic carbocycles. The molecule has 3 N–H and O–H groups in total. The van der Waals surface area contributed by atoms with E-state index in [0.29, 0.717) is 37.8 Å². The minimum atomic E-state index is -0.523. The van der Waals surface area contributed by atoms with Gasteiger partial charge in [-0.15, -0.1) is 10.2 Å². The van der Waals surface area contributed by atoms with E-state index < -0.39 is 5.25 Å². The maximum absolute atomic E-state index is 12.5. The first kappa shape index (κ1) is 21.2. The SMILES string of the molecule is CC(=O)c1cccc(NC(=O)[C@H](C)Sc2nnc(-c3cc(Cl)ccc3Cl)n2N)c1. The number of benzene rings is 2. The van der Waals surface area contributed by atoms with Crippen LogP contribution in [0.4, 0.5) is 5.69 Å². The van der Waals surface area contributed by atoms with E-state index in [-0.39, 0.29) is 11.7 Å². The fourth-order valence-corrected chi connectivity index (χ4v) is 3.63. The summed E-state index contributed by atoms with van der Waals surface area (Å²) >= 11 is 13.4. The Morgan fingerprint density at radius 3 is 2.66 bits per heavy atom. The molecule has 7 nitrogen and oxygen atoms in total. The molecule has 0 unspecified atom stereocenters. The number of nitrogens with zero attached hydrogens (tertiary/aromatic N) is 3. The normalized spacial score (nSPS) is 11.9. The largest absolute Gasteiger partial charge is 0.335 e. The smallest absolute Gasteiger partial charge is 0.237 e. The third-order valence-corrected chi connectivity index (χ3v) is 5.64. The maximum atomic E-state index is 12.5. The Morgan fingerprint density at radius 2 is 1.93 bits per heavy atom. The van der Waals surface area contributed by atoms with Crippen LogP contribution in [0.5, 0.6) is 0 Å². The highest BCUT2D eigenvalue weighted by atomic mass is 35.5. The Kier molecular flexibility index (Phi) is 6.46. The second kappa shape index (κ2) is 8.86. The zero-order chi connectivity index (χ0) is 21.1. The number of carbonyl (C=O) groups is 2. The first-order valence-electron chi connectivity index (χ1n) is 8.50. The van der Waals surface area contributed by atoms with Crippen molar-refractivity contribution in [2.24, 2.45) is 0 Å². The van der Waals surface area contributed by atoms with Crippen LogP contribution in [0.3, 0.4) is 0 Å². The van der Waals surface area contributed by atoms with Gasteiger partial charge in [-0.3, -0.25) is 9.59 Å². The van der Waals surface area contributed by atoms with Gasteiger partial charge in [0.2, 0.25) is 11.1 Å². The number of thioether (sulfide) groups is 1. The molecular weight excluding hydrogens is 433 g/mol. The predicted molar refractivity (Wildman–Crippen MR) is 116 cm³/mol. The predicted octanol–water partition coefficient (Wildman–Crippen LogP) is 4.29. The number of ketones is 1. The molecule has 0 spiro atoms. The van der Waals surface area contributed by atoms with Gasteiger partial charge in [-0.2, -0.15) is 0 Å². The number of hydrogen-bond donors (Lipinski definition) is 2. The average Bonchev–Trinajstić information content (AvgIpc) is 3.04. The van der Waals surface area contributed by atoms with Gasteiger partial charge in [-0.25, -0.2) is 4.68 Å². The topological polar surface area (TPSA) is 103 Å². The molecule has 10 heteroatoms. The molecule has 0 aliphatic rings. The first-order chi connectivity index (χ1) is 13.8. The van der Waals surface area contributed by atoms with Crippen LogP contribution in [0.1, 0.15) is 24.2 Å². The second-order valence-corrected chi connectivity index (χ2v) is 8.34. The number of hydrogen-bond acceptors (Lipinski definition) is 6. The quantitative estimate of drug-likeness (QED) is 0.330. The van der Waals surface area contributed by atoms with Crippen LogP contribution >= 0.6 is 35.0 Å². The average molecular weight is 450 g/mol. The van der Waals surface area contributed by atoms with Crippen molar-refractivity contribution in [2.75, 3.05) is 11.2 Å². The summed E-state index contributed by atoms with van der Waals surface area (Å²) in [5.41, 5.74) is 1.60. The molecule has 3 aromatic rings. The lowest BCUT2D eigenvalue weighted by Crippen LogP contribution is -2.23. The van der Waals surface area contributed by atoms with Crippen LogP contribution in [0.25, 0.3) is 11.4 Å². The van der Waals surface area contributed by atoms with Gasteiger partial charge in [0, 0.05) is 21.8 Å². The summed E-state index contributed by atoms with van der Waals surface area (Å²) in [6.45, 7) is 3.19. The van der Waals surface area contributed by atoms with Crippen molar-refractivity contribution in [2.45, 2.75) is 24.3 Å². The highest BCUT2D eigenvalue weighted by Gasteiger charge is 2.21. The lowest BCUT2D eigenvalue weighted by atomic mass is 10.1. The fourth-order valence-electron chi connectivity index (χ4n) is 2.48. The molecule has 1 heterocycles. The molecule has 0 bridgehead atoms. The molecule has 1 amide bonds. The van der Waals surface area contributed by atoms with Crippen LogP contribution in [0, 0.1) is 0 Å². The van der Waals surface area contributed by atoms with Crippen LogP contribution in [0.15, 0.2) is 47.6 Å². The van der Waals surface area contributed by atoms with E-state index in [1.165, 1.54) is 11.6 Å². The summed E-state index contributed by atoms with van der Waals surface area (Å²) in [4.78, 5) is 24.0. The number of Topliss-reactive ketones (excluding diaryl/α,β-unsaturated/α-hetero) is 1. The number of nitrogen functional groups attached to an aromatic ring is 1. The van der Waals surface area contributed by atoms with Gasteiger partial charge < -0.3 is 11.2 Å². The Morgan fingerprint density at radius 1 is 1.17 bits per heavy atom. The van der Waals surface area contributed by atoms with Crippen LogP contribution < -0.4 is 11.2 Å². The van der Waals surface area contributed by atoms with Gasteiger partial charge in [-0.1, -0.05) is 47.1 Å². The van der Waals surface area contributed by atoms with Crippen molar-refractivity contribution in [3.05, 3.63) is 58.1 Å².